The largest absolute Gasteiger partial charge is 0.436 e. The molecule has 5 aliphatic rings. The summed E-state index contributed by atoms with van der Waals surface area (Å²) in [6.07, 6.45) is 15.1. The van der Waals surface area contributed by atoms with Gasteiger partial charge in [-0.25, -0.2) is 0 Å². The molecule has 195 valence electrons. The molecule has 0 aliphatic heterocycles. The van der Waals surface area contributed by atoms with E-state index >= 15 is 0 Å². The van der Waals surface area contributed by atoms with Crippen molar-refractivity contribution in [2.45, 2.75) is 110 Å². The fraction of sp³-hybridized carbons (Fsp3) is 0.897. The Labute approximate surface area is 217 Å². The number of carbonyl (C=O) groups is 1. The third kappa shape index (κ3) is 8.13. The molecule has 7 atom stereocenters. The first-order valence-electron chi connectivity index (χ1n) is 14.4. The smallest absolute Gasteiger partial charge is 0.292 e. The molecular formula is C29H53BNO2S. The van der Waals surface area contributed by atoms with Crippen molar-refractivity contribution in [2.75, 3.05) is 13.6 Å². The van der Waals surface area contributed by atoms with Gasteiger partial charge in [-0.1, -0.05) is 58.5 Å². The van der Waals surface area contributed by atoms with Crippen molar-refractivity contribution in [3.63, 3.8) is 0 Å². The summed E-state index contributed by atoms with van der Waals surface area (Å²) < 4.78 is 6.12. The van der Waals surface area contributed by atoms with E-state index in [9.17, 15) is 4.79 Å². The first-order valence-corrected chi connectivity index (χ1v) is 14.9. The van der Waals surface area contributed by atoms with E-state index in [0.29, 0.717) is 29.1 Å². The highest BCUT2D eigenvalue weighted by Crippen LogP contribution is 2.55. The average Bonchev–Trinajstić information content (AvgIpc) is 3.37. The molecule has 5 rings (SSSR count). The van der Waals surface area contributed by atoms with Crippen LogP contribution in [0.3, 0.4) is 0 Å². The fourth-order valence-electron chi connectivity index (χ4n) is 6.99. The molecule has 1 N–H and O–H groups in total. The van der Waals surface area contributed by atoms with Crippen molar-refractivity contribution >= 4 is 26.4 Å². The highest BCUT2D eigenvalue weighted by molar-refractivity contribution is 7.81. The number of hydrogen-bond donors (Lipinski definition) is 2. The predicted molar refractivity (Wildman–Crippen MR) is 151 cm³/mol. The zero-order valence-corrected chi connectivity index (χ0v) is 23.7. The van der Waals surface area contributed by atoms with Crippen molar-refractivity contribution in [1.29, 1.82) is 0 Å². The summed E-state index contributed by atoms with van der Waals surface area (Å²) in [7, 11) is 4.04. The molecule has 0 aromatic rings. The SMILES string of the molecule is C=C(C)C1CC2CC(C=O)C(CCC[B]OC3C(S)CC4CC3C4)C2C1.CC.CCCCNC. The molecular weight excluding hydrogens is 437 g/mol. The number of unbranched alkanes of at least 4 members (excludes halogenated alkanes) is 1. The van der Waals surface area contributed by atoms with E-state index in [4.69, 9.17) is 17.3 Å². The molecule has 7 unspecified atom stereocenters. The fourth-order valence-corrected chi connectivity index (χ4v) is 7.60. The number of rotatable bonds is 11. The van der Waals surface area contributed by atoms with Crippen molar-refractivity contribution in [3.8, 4) is 0 Å². The standard InChI is InChI=1S/C22H34BO2S.C5H13N.C2H6/c1-13(2)15-9-16-10-18(12-24)19(20(16)11-15)4-3-5-23-25-22-17-6-14(7-17)8-21(22)26;1-3-4-5-6-2;1-2/h12,14-22,26H,1,3-11H2,2H3;6H,3-5H2,1-2H3;1-2H3. The Morgan fingerprint density at radius 2 is 1.85 bits per heavy atom. The molecule has 5 saturated carbocycles. The maximum absolute atomic E-state index is 11.6. The van der Waals surface area contributed by atoms with Gasteiger partial charge >= 0.3 is 0 Å². The van der Waals surface area contributed by atoms with E-state index in [1.165, 1.54) is 63.2 Å². The third-order valence-corrected chi connectivity index (χ3v) is 9.38. The molecule has 0 aromatic heterocycles. The minimum absolute atomic E-state index is 0.295. The van der Waals surface area contributed by atoms with Crippen LogP contribution in [0.4, 0.5) is 0 Å². The van der Waals surface area contributed by atoms with Gasteiger partial charge in [-0.2, -0.15) is 12.6 Å². The Morgan fingerprint density at radius 1 is 1.12 bits per heavy atom. The lowest BCUT2D eigenvalue weighted by molar-refractivity contribution is -0.112. The predicted octanol–water partition coefficient (Wildman–Crippen LogP) is 7.00. The summed E-state index contributed by atoms with van der Waals surface area (Å²) in [6, 6.07) is 0. The van der Waals surface area contributed by atoms with Crippen LogP contribution in [0.1, 0.15) is 91.9 Å². The zero-order chi connectivity index (χ0) is 25.1. The number of thiol groups is 1. The molecule has 34 heavy (non-hydrogen) atoms. The monoisotopic (exact) mass is 490 g/mol. The van der Waals surface area contributed by atoms with Crippen LogP contribution in [0.15, 0.2) is 12.2 Å². The Bertz CT molecular complexity index is 591. The lowest BCUT2D eigenvalue weighted by Gasteiger charge is -2.49. The molecule has 2 bridgehead atoms. The lowest BCUT2D eigenvalue weighted by Crippen LogP contribution is -2.48. The Kier molecular flexibility index (Phi) is 13.9. The third-order valence-electron chi connectivity index (χ3n) is 8.88. The van der Waals surface area contributed by atoms with Crippen molar-refractivity contribution in [1.82, 2.24) is 5.32 Å². The summed E-state index contributed by atoms with van der Waals surface area (Å²) >= 11 is 4.74. The zero-order valence-electron chi connectivity index (χ0n) is 22.8. The molecule has 0 saturated heterocycles. The van der Waals surface area contributed by atoms with Gasteiger partial charge in [0, 0.05) is 11.2 Å². The van der Waals surface area contributed by atoms with Crippen LogP contribution < -0.4 is 5.32 Å². The molecule has 3 nitrogen and oxygen atoms in total. The highest BCUT2D eigenvalue weighted by Gasteiger charge is 2.48. The number of hydrogen-bond acceptors (Lipinski definition) is 4. The molecule has 5 heteroatoms. The van der Waals surface area contributed by atoms with E-state index < -0.39 is 0 Å². The van der Waals surface area contributed by atoms with Crippen LogP contribution in [-0.2, 0) is 9.45 Å². The number of fused-ring (bicyclic) bond motifs is 3. The van der Waals surface area contributed by atoms with Gasteiger partial charge in [-0.05, 0) is 101 Å². The Balaban J connectivity index is 0.000000447. The molecule has 0 aromatic carbocycles. The summed E-state index contributed by atoms with van der Waals surface area (Å²) in [5.41, 5.74) is 1.34. The van der Waals surface area contributed by atoms with E-state index in [-0.39, 0.29) is 0 Å². The second kappa shape index (κ2) is 15.8. The van der Waals surface area contributed by atoms with Gasteiger partial charge in [0.25, 0.3) is 7.48 Å². The van der Waals surface area contributed by atoms with E-state index in [2.05, 4.69) is 33.2 Å². The van der Waals surface area contributed by atoms with E-state index in [1.54, 1.807) is 0 Å². The summed E-state index contributed by atoms with van der Waals surface area (Å²) in [6.45, 7) is 13.7. The van der Waals surface area contributed by atoms with Gasteiger partial charge in [0.05, 0.1) is 6.10 Å². The van der Waals surface area contributed by atoms with Crippen molar-refractivity contribution < 1.29 is 9.45 Å². The molecule has 0 amide bonds. The minimum atomic E-state index is 0.295. The maximum Gasteiger partial charge on any atom is 0.292 e. The lowest BCUT2D eigenvalue weighted by atomic mass is 9.63. The second-order valence-electron chi connectivity index (χ2n) is 11.2. The van der Waals surface area contributed by atoms with E-state index in [1.807, 2.05) is 20.9 Å². The van der Waals surface area contributed by atoms with Gasteiger partial charge in [0.15, 0.2) is 0 Å². The van der Waals surface area contributed by atoms with Crippen LogP contribution >= 0.6 is 12.6 Å². The normalized spacial score (nSPS) is 37.3. The maximum atomic E-state index is 11.6. The van der Waals surface area contributed by atoms with Gasteiger partial charge in [-0.3, -0.25) is 0 Å². The second-order valence-corrected chi connectivity index (χ2v) is 11.9. The first kappa shape index (κ1) is 30.0. The number of allylic oxidation sites excluding steroid dienone is 1. The van der Waals surface area contributed by atoms with E-state index in [0.717, 1.165) is 49.4 Å². The molecule has 0 spiro atoms. The summed E-state index contributed by atoms with van der Waals surface area (Å²) in [4.78, 5) is 11.6. The van der Waals surface area contributed by atoms with Crippen molar-refractivity contribution in [3.05, 3.63) is 12.2 Å². The van der Waals surface area contributed by atoms with Crippen LogP contribution in [-0.4, -0.2) is 38.7 Å². The van der Waals surface area contributed by atoms with Crippen LogP contribution in [0.2, 0.25) is 6.32 Å². The van der Waals surface area contributed by atoms with Crippen LogP contribution in [0, 0.1) is 41.4 Å². The number of carbonyl (C=O) groups excluding carboxylic acids is 1. The molecule has 1 radical (unpaired) electrons. The van der Waals surface area contributed by atoms with Gasteiger partial charge in [-0.15, -0.1) is 0 Å². The summed E-state index contributed by atoms with van der Waals surface area (Å²) in [5.74, 6) is 4.77. The van der Waals surface area contributed by atoms with Crippen LogP contribution in [0.5, 0.6) is 0 Å². The Morgan fingerprint density at radius 3 is 2.41 bits per heavy atom. The molecule has 0 heterocycles. The van der Waals surface area contributed by atoms with Gasteiger partial charge in [0.2, 0.25) is 0 Å². The quantitative estimate of drug-likeness (QED) is 0.108. The average molecular weight is 491 g/mol. The van der Waals surface area contributed by atoms with Crippen LogP contribution in [0.25, 0.3) is 0 Å². The highest BCUT2D eigenvalue weighted by atomic mass is 32.1. The van der Waals surface area contributed by atoms with Gasteiger partial charge < -0.3 is 14.8 Å². The first-order chi connectivity index (χ1) is 16.5. The van der Waals surface area contributed by atoms with Crippen molar-refractivity contribution in [2.24, 2.45) is 41.4 Å². The number of nitrogens with one attached hydrogen (secondary N) is 1. The minimum Gasteiger partial charge on any atom is -0.436 e. The molecule has 5 aliphatic carbocycles. The number of aldehydes is 1. The van der Waals surface area contributed by atoms with Gasteiger partial charge in [0.1, 0.15) is 6.29 Å². The topological polar surface area (TPSA) is 38.3 Å². The molecule has 5 fully saturated rings. The Hall–Kier alpha value is -0.255. The summed E-state index contributed by atoms with van der Waals surface area (Å²) in [5, 5.41) is 3.50.